The third-order valence-electron chi connectivity index (χ3n) is 2.95. The fourth-order valence-corrected chi connectivity index (χ4v) is 5.46. The van der Waals surface area contributed by atoms with Crippen molar-refractivity contribution in [3.05, 3.63) is 40.4 Å². The largest absolute Gasteiger partial charge is 0.388 e. The van der Waals surface area contributed by atoms with Crippen LogP contribution in [-0.2, 0) is 10.8 Å². The molecule has 0 aliphatic rings. The molecule has 112 valence electrons. The first-order valence-corrected chi connectivity index (χ1v) is 11.7. The fourth-order valence-electron chi connectivity index (χ4n) is 1.80. The quantitative estimate of drug-likeness (QED) is 0.838. The molecule has 0 saturated heterocycles. The maximum absolute atomic E-state index is 12.8. The van der Waals surface area contributed by atoms with Crippen LogP contribution in [0.3, 0.4) is 0 Å². The minimum Gasteiger partial charge on any atom is -0.388 e. The van der Waals surface area contributed by atoms with Crippen molar-refractivity contribution in [3.63, 3.8) is 0 Å². The third-order valence-corrected chi connectivity index (χ3v) is 5.82. The Morgan fingerprint density at radius 3 is 2.10 bits per heavy atom. The monoisotopic (exact) mass is 310 g/mol. The van der Waals surface area contributed by atoms with Gasteiger partial charge in [-0.2, -0.15) is 0 Å². The number of aliphatic hydroxyl groups is 1. The summed E-state index contributed by atoms with van der Waals surface area (Å²) in [6.45, 7) is 12.5. The molecule has 1 N–H and O–H groups in total. The van der Waals surface area contributed by atoms with Crippen molar-refractivity contribution < 1.29 is 9.32 Å². The Hall–Kier alpha value is -0.713. The molecule has 0 saturated carbocycles. The second-order valence-corrected chi connectivity index (χ2v) is 13.2. The summed E-state index contributed by atoms with van der Waals surface area (Å²) in [6.07, 6.45) is -0.649. The zero-order chi connectivity index (χ0) is 15.5. The summed E-state index contributed by atoms with van der Waals surface area (Å²) in [6, 6.07) is 7.69. The molecule has 0 aliphatic carbocycles. The molecule has 0 aromatic heterocycles. The van der Waals surface area contributed by atoms with Gasteiger partial charge in [0, 0.05) is 9.80 Å². The van der Waals surface area contributed by atoms with Crippen molar-refractivity contribution in [2.75, 3.05) is 0 Å². The first-order valence-electron chi connectivity index (χ1n) is 7.01. The van der Waals surface area contributed by atoms with Crippen LogP contribution < -0.4 is 0 Å². The predicted octanol–water partition coefficient (Wildman–Crippen LogP) is 3.88. The lowest BCUT2D eigenvalue weighted by Crippen LogP contribution is -2.26. The van der Waals surface area contributed by atoms with Gasteiger partial charge in [0.15, 0.2) is 0 Å². The first-order chi connectivity index (χ1) is 9.11. The van der Waals surface area contributed by atoms with Gasteiger partial charge in [-0.05, 0) is 25.0 Å². The number of rotatable bonds is 5. The van der Waals surface area contributed by atoms with Crippen molar-refractivity contribution in [3.8, 4) is 0 Å². The van der Waals surface area contributed by atoms with Crippen molar-refractivity contribution >= 4 is 18.9 Å². The summed E-state index contributed by atoms with van der Waals surface area (Å²) in [5, 5.41) is 10.4. The molecule has 1 aromatic rings. The summed E-state index contributed by atoms with van der Waals surface area (Å²) >= 11 is 0. The Balaban J connectivity index is 3.21. The average molecular weight is 311 g/mol. The molecule has 0 bridgehead atoms. The molecule has 4 heteroatoms. The van der Waals surface area contributed by atoms with Gasteiger partial charge in [-0.3, -0.25) is 0 Å². The Labute approximate surface area is 126 Å². The van der Waals surface area contributed by atoms with Crippen molar-refractivity contribution in [1.29, 1.82) is 0 Å². The van der Waals surface area contributed by atoms with E-state index in [0.717, 1.165) is 10.5 Å². The molecule has 1 aromatic carbocycles. The van der Waals surface area contributed by atoms with Crippen LogP contribution in [-0.4, -0.2) is 23.5 Å². The standard InChI is InChI=1S/C16H26O2SSi/c1-12(2)16(17)15(11-20(4,5)6)19(18)14-9-7-13(3)8-10-14/h7-12,16-17H,1-6H3/b15-11+/t16-,19?/m0/s1. The van der Waals surface area contributed by atoms with Gasteiger partial charge < -0.3 is 5.11 Å². The van der Waals surface area contributed by atoms with Gasteiger partial charge in [-0.1, -0.05) is 56.9 Å². The van der Waals surface area contributed by atoms with Gasteiger partial charge in [-0.25, -0.2) is 4.21 Å². The highest BCUT2D eigenvalue weighted by atomic mass is 32.2. The maximum atomic E-state index is 12.8. The summed E-state index contributed by atoms with van der Waals surface area (Å²) < 4.78 is 12.8. The van der Waals surface area contributed by atoms with E-state index in [4.69, 9.17) is 0 Å². The highest BCUT2D eigenvalue weighted by molar-refractivity contribution is 7.89. The van der Waals surface area contributed by atoms with Crippen LogP contribution >= 0.6 is 0 Å². The SMILES string of the molecule is Cc1ccc(S(=O)/C(=C/[Si](C)(C)C)[C@@H](O)C(C)C)cc1. The van der Waals surface area contributed by atoms with Crippen LogP contribution in [0.5, 0.6) is 0 Å². The Bertz CT molecular complexity index is 498. The number of aryl methyl sites for hydroxylation is 1. The van der Waals surface area contributed by atoms with Crippen LogP contribution in [0, 0.1) is 12.8 Å². The third kappa shape index (κ3) is 5.00. The first kappa shape index (κ1) is 17.3. The van der Waals surface area contributed by atoms with E-state index in [2.05, 4.69) is 25.3 Å². The van der Waals surface area contributed by atoms with Gasteiger partial charge in [0.1, 0.15) is 0 Å². The van der Waals surface area contributed by atoms with Crippen LogP contribution in [0.1, 0.15) is 19.4 Å². The fraction of sp³-hybridized carbons (Fsp3) is 0.500. The zero-order valence-corrected chi connectivity index (χ0v) is 15.1. The molecule has 0 radical (unpaired) electrons. The van der Waals surface area contributed by atoms with Gasteiger partial charge >= 0.3 is 0 Å². The lowest BCUT2D eigenvalue weighted by molar-refractivity contribution is 0.168. The molecular formula is C16H26O2SSi. The Morgan fingerprint density at radius 2 is 1.70 bits per heavy atom. The highest BCUT2D eigenvalue weighted by Gasteiger charge is 2.24. The molecule has 0 amide bonds. The summed E-state index contributed by atoms with van der Waals surface area (Å²) in [5.74, 6) is 0.0620. The summed E-state index contributed by atoms with van der Waals surface area (Å²) in [4.78, 5) is 1.43. The van der Waals surface area contributed by atoms with E-state index in [9.17, 15) is 9.32 Å². The van der Waals surface area contributed by atoms with Crippen molar-refractivity contribution in [1.82, 2.24) is 0 Å². The maximum Gasteiger partial charge on any atom is 0.0892 e. The number of aliphatic hydroxyl groups excluding tert-OH is 1. The second-order valence-electron chi connectivity index (χ2n) is 6.68. The zero-order valence-electron chi connectivity index (χ0n) is 13.3. The van der Waals surface area contributed by atoms with Gasteiger partial charge in [0.25, 0.3) is 0 Å². The van der Waals surface area contributed by atoms with E-state index in [-0.39, 0.29) is 5.92 Å². The number of benzene rings is 1. The van der Waals surface area contributed by atoms with Crippen LogP contribution in [0.25, 0.3) is 0 Å². The van der Waals surface area contributed by atoms with Crippen molar-refractivity contribution in [2.45, 2.75) is 51.4 Å². The van der Waals surface area contributed by atoms with E-state index >= 15 is 0 Å². The second kappa shape index (κ2) is 6.83. The lowest BCUT2D eigenvalue weighted by Gasteiger charge is -2.21. The minimum absolute atomic E-state index is 0.0620. The van der Waals surface area contributed by atoms with Gasteiger partial charge in [-0.15, -0.1) is 0 Å². The Kier molecular flexibility index (Phi) is 5.92. The van der Waals surface area contributed by atoms with E-state index in [1.807, 2.05) is 45.0 Å². The molecule has 0 aliphatic heterocycles. The topological polar surface area (TPSA) is 37.3 Å². The van der Waals surface area contributed by atoms with E-state index in [1.165, 1.54) is 0 Å². The summed E-state index contributed by atoms with van der Waals surface area (Å²) in [5.41, 5.74) is 3.22. The molecule has 20 heavy (non-hydrogen) atoms. The van der Waals surface area contributed by atoms with Crippen LogP contribution in [0.2, 0.25) is 19.6 Å². The molecular weight excluding hydrogens is 284 g/mol. The molecule has 0 spiro atoms. The van der Waals surface area contributed by atoms with Crippen molar-refractivity contribution in [2.24, 2.45) is 5.92 Å². The highest BCUT2D eigenvalue weighted by Crippen LogP contribution is 2.24. The van der Waals surface area contributed by atoms with Crippen LogP contribution in [0.15, 0.2) is 39.8 Å². The van der Waals surface area contributed by atoms with E-state index < -0.39 is 25.0 Å². The molecule has 2 nitrogen and oxygen atoms in total. The smallest absolute Gasteiger partial charge is 0.0892 e. The normalized spacial score (nSPS) is 16.3. The molecule has 0 fully saturated rings. The molecule has 0 heterocycles. The molecule has 2 atom stereocenters. The van der Waals surface area contributed by atoms with Gasteiger partial charge in [0.2, 0.25) is 0 Å². The molecule has 1 unspecified atom stereocenters. The Morgan fingerprint density at radius 1 is 1.20 bits per heavy atom. The number of hydrogen-bond acceptors (Lipinski definition) is 2. The lowest BCUT2D eigenvalue weighted by atomic mass is 10.1. The van der Waals surface area contributed by atoms with Crippen LogP contribution in [0.4, 0.5) is 0 Å². The van der Waals surface area contributed by atoms with E-state index in [1.54, 1.807) is 0 Å². The molecule has 1 rings (SSSR count). The average Bonchev–Trinajstić information content (AvgIpc) is 2.34. The predicted molar refractivity (Wildman–Crippen MR) is 89.9 cm³/mol. The number of hydrogen-bond donors (Lipinski definition) is 1. The van der Waals surface area contributed by atoms with E-state index in [0.29, 0.717) is 4.91 Å². The minimum atomic E-state index is -1.55. The summed E-state index contributed by atoms with van der Waals surface area (Å²) in [7, 11) is -2.83. The van der Waals surface area contributed by atoms with Gasteiger partial charge in [0.05, 0.1) is 25.0 Å².